The molecule has 1 aliphatic rings. The van der Waals surface area contributed by atoms with Crippen LogP contribution in [0.3, 0.4) is 0 Å². The van der Waals surface area contributed by atoms with Gasteiger partial charge in [0.15, 0.2) is 0 Å². The summed E-state index contributed by atoms with van der Waals surface area (Å²) in [6.45, 7) is 19.8. The summed E-state index contributed by atoms with van der Waals surface area (Å²) in [7, 11) is 0. The summed E-state index contributed by atoms with van der Waals surface area (Å²) >= 11 is 0. The van der Waals surface area contributed by atoms with Gasteiger partial charge in [0.25, 0.3) is 0 Å². The average molecular weight is 274 g/mol. The molecule has 0 spiro atoms. The zero-order chi connectivity index (χ0) is 15.9. The van der Waals surface area contributed by atoms with E-state index in [1.807, 2.05) is 27.7 Å². The first-order chi connectivity index (χ1) is 8.97. The summed E-state index contributed by atoms with van der Waals surface area (Å²) < 4.78 is 4.94. The zero-order valence-electron chi connectivity index (χ0n) is 13.3. The molecule has 0 unspecified atom stereocenters. The smallest absolute Gasteiger partial charge is 0.0662 e. The van der Waals surface area contributed by atoms with Crippen LogP contribution in [0.1, 0.15) is 40.5 Å². The molecule has 0 atom stereocenters. The van der Waals surface area contributed by atoms with Gasteiger partial charge in [-0.2, -0.15) is 0 Å². The van der Waals surface area contributed by atoms with Crippen molar-refractivity contribution in [2.75, 3.05) is 26.4 Å². The molecule has 0 aliphatic carbocycles. The minimum absolute atomic E-state index is 0.125. The number of hydrogen-bond acceptors (Lipinski definition) is 3. The highest BCUT2D eigenvalue weighted by Gasteiger charge is 1.94. The van der Waals surface area contributed by atoms with Crippen molar-refractivity contribution >= 4 is 0 Å². The highest BCUT2D eigenvalue weighted by Crippen LogP contribution is 1.98. The molecule has 3 nitrogen and oxygen atoms in total. The van der Waals surface area contributed by atoms with Crippen LogP contribution in [0.25, 0.3) is 0 Å². The van der Waals surface area contributed by atoms with Gasteiger partial charge in [-0.25, -0.2) is 0 Å². The molecule has 1 fully saturated rings. The van der Waals surface area contributed by atoms with Crippen LogP contribution in [0.2, 0.25) is 0 Å². The standard InChI is InChI=1S/C4H8O.C4H8.2C3H6.C2H6O2/c1-2-4-5-3-1;1-4(2)3;2*1-3-2;3-1-2-4/h1-4H2;1H2,2-3H3;2*3H,1H2,2H3;3-4H,1-2H2. The number of aliphatic hydroxyl groups excluding tert-OH is 2. The molecule has 0 bridgehead atoms. The van der Waals surface area contributed by atoms with Gasteiger partial charge in [0.1, 0.15) is 0 Å². The number of rotatable bonds is 1. The molecule has 0 aromatic heterocycles. The lowest BCUT2D eigenvalue weighted by atomic mass is 10.4. The van der Waals surface area contributed by atoms with Gasteiger partial charge in [0, 0.05) is 13.2 Å². The summed E-state index contributed by atoms with van der Waals surface area (Å²) in [6.07, 6.45) is 6.06. The van der Waals surface area contributed by atoms with Crippen molar-refractivity contribution in [1.82, 2.24) is 0 Å². The molecule has 2 N–H and O–H groups in total. The van der Waals surface area contributed by atoms with E-state index in [1.165, 1.54) is 18.4 Å². The number of hydrogen-bond donors (Lipinski definition) is 2. The Balaban J connectivity index is -0.0000000755. The lowest BCUT2D eigenvalue weighted by Gasteiger charge is -1.76. The molecule has 1 aliphatic heterocycles. The monoisotopic (exact) mass is 274 g/mol. The average Bonchev–Trinajstić information content (AvgIpc) is 2.88. The second-order valence-electron chi connectivity index (χ2n) is 3.79. The van der Waals surface area contributed by atoms with E-state index in [4.69, 9.17) is 14.9 Å². The van der Waals surface area contributed by atoms with Crippen LogP contribution in [0.5, 0.6) is 0 Å². The van der Waals surface area contributed by atoms with Gasteiger partial charge in [-0.3, -0.25) is 0 Å². The second kappa shape index (κ2) is 36.0. The third-order valence-corrected chi connectivity index (χ3v) is 0.927. The van der Waals surface area contributed by atoms with Gasteiger partial charge in [-0.15, -0.1) is 19.7 Å². The third kappa shape index (κ3) is 150. The quantitative estimate of drug-likeness (QED) is 0.716. The predicted octanol–water partition coefficient (Wildman–Crippen LogP) is 3.73. The van der Waals surface area contributed by atoms with Gasteiger partial charge in [-0.1, -0.05) is 17.7 Å². The summed E-state index contributed by atoms with van der Waals surface area (Å²) in [5.74, 6) is 0. The Labute approximate surface area is 120 Å². The van der Waals surface area contributed by atoms with E-state index in [0.29, 0.717) is 0 Å². The minimum Gasteiger partial charge on any atom is -0.394 e. The van der Waals surface area contributed by atoms with Crippen molar-refractivity contribution in [3.05, 3.63) is 37.5 Å². The molecule has 0 radical (unpaired) electrons. The number of ether oxygens (including phenoxy) is 1. The summed E-state index contributed by atoms with van der Waals surface area (Å²) in [5, 5.41) is 15.2. The van der Waals surface area contributed by atoms with Gasteiger partial charge in [0.2, 0.25) is 0 Å². The fraction of sp³-hybridized carbons (Fsp3) is 0.625. The Morgan fingerprint density at radius 2 is 1.21 bits per heavy atom. The Bertz CT molecular complexity index is 142. The largest absolute Gasteiger partial charge is 0.394 e. The molecule has 0 aromatic rings. The van der Waals surface area contributed by atoms with E-state index < -0.39 is 0 Å². The topological polar surface area (TPSA) is 49.7 Å². The van der Waals surface area contributed by atoms with Crippen LogP contribution in [0, 0.1) is 0 Å². The first kappa shape index (κ1) is 26.6. The molecular weight excluding hydrogens is 240 g/mol. The van der Waals surface area contributed by atoms with Gasteiger partial charge < -0.3 is 14.9 Å². The second-order valence-corrected chi connectivity index (χ2v) is 3.79. The lowest BCUT2D eigenvalue weighted by Crippen LogP contribution is -1.85. The van der Waals surface area contributed by atoms with Crippen LogP contribution < -0.4 is 0 Å². The van der Waals surface area contributed by atoms with Crippen molar-refractivity contribution in [2.24, 2.45) is 0 Å². The first-order valence-corrected chi connectivity index (χ1v) is 6.53. The van der Waals surface area contributed by atoms with Gasteiger partial charge in [-0.05, 0) is 40.5 Å². The van der Waals surface area contributed by atoms with Gasteiger partial charge >= 0.3 is 0 Å². The van der Waals surface area contributed by atoms with Crippen LogP contribution in [-0.4, -0.2) is 36.6 Å². The number of aliphatic hydroxyl groups is 2. The molecule has 0 amide bonds. The third-order valence-electron chi connectivity index (χ3n) is 0.927. The predicted molar refractivity (Wildman–Crippen MR) is 86.5 cm³/mol. The summed E-state index contributed by atoms with van der Waals surface area (Å²) in [5.41, 5.74) is 1.17. The highest BCUT2D eigenvalue weighted by atomic mass is 16.5. The Hall–Kier alpha value is -0.900. The fourth-order valence-corrected chi connectivity index (χ4v) is 0.510. The molecular formula is C16H34O3. The SMILES string of the molecule is C1CCOC1.C=C(C)C.C=CC.C=CC.OCCO. The normalized spacial score (nSPS) is 10.6. The Morgan fingerprint density at radius 1 is 1.00 bits per heavy atom. The Morgan fingerprint density at radius 3 is 1.26 bits per heavy atom. The van der Waals surface area contributed by atoms with E-state index >= 15 is 0 Å². The maximum Gasteiger partial charge on any atom is 0.0662 e. The zero-order valence-corrected chi connectivity index (χ0v) is 13.3. The molecule has 116 valence electrons. The van der Waals surface area contributed by atoms with Crippen molar-refractivity contribution in [2.45, 2.75) is 40.5 Å². The molecule has 1 saturated heterocycles. The molecule has 1 rings (SSSR count). The van der Waals surface area contributed by atoms with Crippen molar-refractivity contribution in [1.29, 1.82) is 0 Å². The van der Waals surface area contributed by atoms with Crippen LogP contribution in [-0.2, 0) is 4.74 Å². The lowest BCUT2D eigenvalue weighted by molar-refractivity contribution is 0.186. The summed E-state index contributed by atoms with van der Waals surface area (Å²) in [4.78, 5) is 0. The summed E-state index contributed by atoms with van der Waals surface area (Å²) in [6, 6.07) is 0. The van der Waals surface area contributed by atoms with E-state index in [1.54, 1.807) is 12.2 Å². The Kier molecular flexibility index (Phi) is 50.4. The maximum atomic E-state index is 7.62. The molecule has 19 heavy (non-hydrogen) atoms. The van der Waals surface area contributed by atoms with E-state index in [9.17, 15) is 0 Å². The van der Waals surface area contributed by atoms with Crippen LogP contribution in [0.15, 0.2) is 37.5 Å². The van der Waals surface area contributed by atoms with Crippen molar-refractivity contribution in [3.63, 3.8) is 0 Å². The van der Waals surface area contributed by atoms with Crippen molar-refractivity contribution in [3.8, 4) is 0 Å². The molecule has 1 heterocycles. The minimum atomic E-state index is -0.125. The molecule has 0 aromatic carbocycles. The molecule has 3 heteroatoms. The van der Waals surface area contributed by atoms with E-state index in [-0.39, 0.29) is 13.2 Å². The highest BCUT2D eigenvalue weighted by molar-refractivity contribution is 4.78. The first-order valence-electron chi connectivity index (χ1n) is 6.53. The van der Waals surface area contributed by atoms with Crippen molar-refractivity contribution < 1.29 is 14.9 Å². The number of allylic oxidation sites excluding steroid dienone is 3. The van der Waals surface area contributed by atoms with Gasteiger partial charge in [0.05, 0.1) is 13.2 Å². The van der Waals surface area contributed by atoms with E-state index in [0.717, 1.165) is 13.2 Å². The van der Waals surface area contributed by atoms with E-state index in [2.05, 4.69) is 19.7 Å². The van der Waals surface area contributed by atoms with Crippen LogP contribution >= 0.6 is 0 Å². The fourth-order valence-electron chi connectivity index (χ4n) is 0.510. The van der Waals surface area contributed by atoms with Crippen LogP contribution in [0.4, 0.5) is 0 Å². The molecule has 0 saturated carbocycles. The maximum absolute atomic E-state index is 7.62.